The number of thioether (sulfide) groups is 2. The van der Waals surface area contributed by atoms with E-state index in [9.17, 15) is 9.59 Å². The van der Waals surface area contributed by atoms with Gasteiger partial charge >= 0.3 is 11.9 Å². The second kappa shape index (κ2) is 14.5. The summed E-state index contributed by atoms with van der Waals surface area (Å²) in [6.07, 6.45) is 3.14. The van der Waals surface area contributed by atoms with Crippen LogP contribution < -0.4 is 5.73 Å². The SMILES string of the molecule is CCOC(=O)c1ncc(I)cc1SCC.CCOC(=O)c1ncc(N)cc1SCC. The van der Waals surface area contributed by atoms with Crippen LogP contribution in [0.25, 0.3) is 0 Å². The number of pyridine rings is 2. The van der Waals surface area contributed by atoms with Crippen LogP contribution in [0, 0.1) is 3.57 Å². The largest absolute Gasteiger partial charge is 0.461 e. The Kier molecular flexibility index (Phi) is 12.8. The minimum absolute atomic E-state index is 0.343. The molecule has 0 spiro atoms. The van der Waals surface area contributed by atoms with Gasteiger partial charge in [-0.3, -0.25) is 0 Å². The average Bonchev–Trinajstić information content (AvgIpc) is 2.69. The average molecular weight is 563 g/mol. The van der Waals surface area contributed by atoms with Crippen molar-refractivity contribution in [2.45, 2.75) is 37.5 Å². The minimum atomic E-state index is -0.395. The van der Waals surface area contributed by atoms with Crippen LogP contribution in [0.15, 0.2) is 34.3 Å². The van der Waals surface area contributed by atoms with E-state index in [1.165, 1.54) is 18.0 Å². The number of hydrogen-bond acceptors (Lipinski definition) is 9. The smallest absolute Gasteiger partial charge is 0.358 e. The lowest BCUT2D eigenvalue weighted by molar-refractivity contribution is 0.0505. The predicted molar refractivity (Wildman–Crippen MR) is 130 cm³/mol. The normalized spacial score (nSPS) is 10.0. The van der Waals surface area contributed by atoms with Gasteiger partial charge in [-0.25, -0.2) is 19.6 Å². The van der Waals surface area contributed by atoms with E-state index < -0.39 is 5.97 Å². The molecule has 2 N–H and O–H groups in total. The van der Waals surface area contributed by atoms with Crippen LogP contribution in [0.3, 0.4) is 0 Å². The summed E-state index contributed by atoms with van der Waals surface area (Å²) in [5.41, 5.74) is 6.92. The van der Waals surface area contributed by atoms with Crippen molar-refractivity contribution in [2.75, 3.05) is 30.5 Å². The molecular formula is C20H26IN3O4S2. The third-order valence-electron chi connectivity index (χ3n) is 3.23. The molecule has 0 fully saturated rings. The zero-order chi connectivity index (χ0) is 22.5. The molecule has 2 rings (SSSR count). The predicted octanol–water partition coefficient (Wildman–Crippen LogP) is 4.93. The number of nitrogens with zero attached hydrogens (tertiary/aromatic N) is 2. The molecule has 7 nitrogen and oxygen atoms in total. The summed E-state index contributed by atoms with van der Waals surface area (Å²) in [6.45, 7) is 8.32. The number of halogens is 1. The maximum absolute atomic E-state index is 11.6. The van der Waals surface area contributed by atoms with Crippen LogP contribution >= 0.6 is 46.1 Å². The van der Waals surface area contributed by atoms with Gasteiger partial charge in [-0.2, -0.15) is 0 Å². The van der Waals surface area contributed by atoms with Gasteiger partial charge in [0.2, 0.25) is 0 Å². The zero-order valence-electron chi connectivity index (χ0n) is 17.4. The third-order valence-corrected chi connectivity index (χ3v) is 5.64. The summed E-state index contributed by atoms with van der Waals surface area (Å²) >= 11 is 5.31. The minimum Gasteiger partial charge on any atom is -0.461 e. The molecule has 0 amide bonds. The fraction of sp³-hybridized carbons (Fsp3) is 0.400. The van der Waals surface area contributed by atoms with Crippen molar-refractivity contribution in [1.82, 2.24) is 9.97 Å². The summed E-state index contributed by atoms with van der Waals surface area (Å²) in [4.78, 5) is 32.8. The topological polar surface area (TPSA) is 104 Å². The Bertz CT molecular complexity index is 783. The summed E-state index contributed by atoms with van der Waals surface area (Å²) in [7, 11) is 0. The van der Waals surface area contributed by atoms with Crippen LogP contribution in [-0.4, -0.2) is 46.6 Å². The Balaban J connectivity index is 0.000000300. The molecule has 0 aliphatic carbocycles. The van der Waals surface area contributed by atoms with Gasteiger partial charge in [-0.1, -0.05) is 13.8 Å². The van der Waals surface area contributed by atoms with E-state index in [2.05, 4.69) is 32.6 Å². The lowest BCUT2D eigenvalue weighted by Crippen LogP contribution is -2.09. The third kappa shape index (κ3) is 8.68. The molecule has 30 heavy (non-hydrogen) atoms. The molecule has 164 valence electrons. The number of rotatable bonds is 8. The number of carbonyl (C=O) groups is 2. The van der Waals surface area contributed by atoms with Crippen LogP contribution in [0.1, 0.15) is 48.7 Å². The number of aromatic nitrogens is 2. The van der Waals surface area contributed by atoms with E-state index in [-0.39, 0.29) is 5.97 Å². The van der Waals surface area contributed by atoms with Gasteiger partial charge in [0.05, 0.1) is 25.1 Å². The number of carbonyl (C=O) groups excluding carboxylic acids is 2. The van der Waals surface area contributed by atoms with E-state index in [0.29, 0.717) is 30.3 Å². The van der Waals surface area contributed by atoms with E-state index >= 15 is 0 Å². The highest BCUT2D eigenvalue weighted by Crippen LogP contribution is 2.24. The first-order valence-electron chi connectivity index (χ1n) is 9.38. The highest BCUT2D eigenvalue weighted by Gasteiger charge is 2.15. The molecule has 0 atom stereocenters. The van der Waals surface area contributed by atoms with Gasteiger partial charge in [-0.15, -0.1) is 23.5 Å². The summed E-state index contributed by atoms with van der Waals surface area (Å²) in [5.74, 6) is 1.03. The first-order chi connectivity index (χ1) is 14.4. The molecule has 0 bridgehead atoms. The highest BCUT2D eigenvalue weighted by molar-refractivity contribution is 14.1. The Hall–Kier alpha value is -1.53. The highest BCUT2D eigenvalue weighted by atomic mass is 127. The van der Waals surface area contributed by atoms with E-state index in [1.807, 2.05) is 19.9 Å². The van der Waals surface area contributed by atoms with Crippen LogP contribution in [0.4, 0.5) is 5.69 Å². The van der Waals surface area contributed by atoms with Gasteiger partial charge in [0.1, 0.15) is 0 Å². The second-order valence-electron chi connectivity index (χ2n) is 5.42. The number of esters is 2. The van der Waals surface area contributed by atoms with Crippen molar-refractivity contribution in [3.05, 3.63) is 39.5 Å². The monoisotopic (exact) mass is 563 g/mol. The van der Waals surface area contributed by atoms with Crippen molar-refractivity contribution in [2.24, 2.45) is 0 Å². The van der Waals surface area contributed by atoms with Crippen molar-refractivity contribution < 1.29 is 19.1 Å². The number of hydrogen-bond donors (Lipinski definition) is 1. The van der Waals surface area contributed by atoms with Crippen molar-refractivity contribution in [1.29, 1.82) is 0 Å². The Morgan fingerprint density at radius 1 is 0.900 bits per heavy atom. The summed E-state index contributed by atoms with van der Waals surface area (Å²) in [6, 6.07) is 3.70. The Morgan fingerprint density at radius 3 is 1.83 bits per heavy atom. The van der Waals surface area contributed by atoms with Crippen LogP contribution in [0.5, 0.6) is 0 Å². The molecule has 0 unspecified atom stereocenters. The number of nitrogen functional groups attached to an aromatic ring is 1. The van der Waals surface area contributed by atoms with Gasteiger partial charge < -0.3 is 15.2 Å². The molecule has 0 radical (unpaired) electrons. The molecule has 2 aromatic rings. The lowest BCUT2D eigenvalue weighted by Gasteiger charge is -2.07. The van der Waals surface area contributed by atoms with Crippen molar-refractivity contribution in [3.8, 4) is 0 Å². The van der Waals surface area contributed by atoms with E-state index in [0.717, 1.165) is 24.9 Å². The zero-order valence-corrected chi connectivity index (χ0v) is 21.2. The maximum Gasteiger partial charge on any atom is 0.358 e. The maximum atomic E-state index is 11.6. The molecular weight excluding hydrogens is 537 g/mol. The first kappa shape index (κ1) is 26.5. The second-order valence-corrected chi connectivity index (χ2v) is 9.28. The van der Waals surface area contributed by atoms with Crippen LogP contribution in [-0.2, 0) is 9.47 Å². The summed E-state index contributed by atoms with van der Waals surface area (Å²) in [5, 5.41) is 0. The van der Waals surface area contributed by atoms with Crippen LogP contribution in [0.2, 0.25) is 0 Å². The molecule has 0 aliphatic rings. The molecule has 10 heteroatoms. The number of nitrogens with two attached hydrogens (primary N) is 1. The quantitative estimate of drug-likeness (QED) is 0.272. The van der Waals surface area contributed by atoms with E-state index in [1.54, 1.807) is 37.9 Å². The molecule has 0 aromatic carbocycles. The standard InChI is InChI=1S/C10H12INO2S.C10H14N2O2S/c2*1-3-14-10(13)9-8(15-4-2)5-7(11)6-12-9/h5-6H,3-4H2,1-2H3;5-6H,3-4,11H2,1-2H3. The fourth-order valence-corrected chi connectivity index (χ4v) is 4.38. The van der Waals surface area contributed by atoms with Crippen molar-refractivity contribution >= 4 is 63.7 Å². The molecule has 2 heterocycles. The summed E-state index contributed by atoms with van der Waals surface area (Å²) < 4.78 is 10.9. The molecule has 2 aromatic heterocycles. The number of anilines is 1. The van der Waals surface area contributed by atoms with Crippen molar-refractivity contribution in [3.63, 3.8) is 0 Å². The van der Waals surface area contributed by atoms with Gasteiger partial charge in [0.15, 0.2) is 11.4 Å². The first-order valence-corrected chi connectivity index (χ1v) is 12.4. The van der Waals surface area contributed by atoms with E-state index in [4.69, 9.17) is 15.2 Å². The fourth-order valence-electron chi connectivity index (χ4n) is 2.12. The van der Waals surface area contributed by atoms with Gasteiger partial charge in [0.25, 0.3) is 0 Å². The van der Waals surface area contributed by atoms with Gasteiger partial charge in [0, 0.05) is 19.6 Å². The van der Waals surface area contributed by atoms with Gasteiger partial charge in [-0.05, 0) is 60.1 Å². The Labute approximate surface area is 199 Å². The Morgan fingerprint density at radius 2 is 1.37 bits per heavy atom. The number of ether oxygens (including phenoxy) is 2. The lowest BCUT2D eigenvalue weighted by atomic mass is 10.3. The molecule has 0 saturated heterocycles. The molecule has 0 aliphatic heterocycles. The molecule has 0 saturated carbocycles.